The van der Waals surface area contributed by atoms with Gasteiger partial charge in [0.25, 0.3) is 0 Å². The maximum absolute atomic E-state index is 5.97. The molecular weight excluding hydrogens is 476 g/mol. The van der Waals surface area contributed by atoms with Crippen molar-refractivity contribution in [2.45, 2.75) is 6.61 Å². The standard InChI is InChI=1S/C29H20N8O/c1-2-6-18(7-3-1)17-38-20-14-19(15-30-16-20)22-9-10-24-26(33-22)27(37-36-24)29-34-25-21(11-13-32-28(25)35-29)23-8-4-5-12-31-23/h1-16H,17H2,(H,36,37)(H,32,34,35). The zero-order chi connectivity index (χ0) is 25.3. The summed E-state index contributed by atoms with van der Waals surface area (Å²) < 4.78 is 5.97. The van der Waals surface area contributed by atoms with Gasteiger partial charge in [-0.05, 0) is 42.0 Å². The summed E-state index contributed by atoms with van der Waals surface area (Å²) in [6.45, 7) is 0.463. The predicted molar refractivity (Wildman–Crippen MR) is 144 cm³/mol. The second-order valence-corrected chi connectivity index (χ2v) is 8.71. The Kier molecular flexibility index (Phi) is 5.29. The van der Waals surface area contributed by atoms with Crippen LogP contribution in [0.3, 0.4) is 0 Å². The third kappa shape index (κ3) is 4.01. The Morgan fingerprint density at radius 1 is 0.789 bits per heavy atom. The number of pyridine rings is 4. The van der Waals surface area contributed by atoms with Crippen molar-refractivity contribution in [1.29, 1.82) is 0 Å². The van der Waals surface area contributed by atoms with E-state index in [1.807, 2.05) is 72.8 Å². The molecule has 182 valence electrons. The molecule has 6 aromatic heterocycles. The topological polar surface area (TPSA) is 118 Å². The Bertz CT molecular complexity index is 1880. The molecule has 0 aliphatic heterocycles. The van der Waals surface area contributed by atoms with Gasteiger partial charge in [0.05, 0.1) is 28.6 Å². The van der Waals surface area contributed by atoms with Crippen LogP contribution in [0, 0.1) is 0 Å². The highest BCUT2D eigenvalue weighted by Crippen LogP contribution is 2.30. The summed E-state index contributed by atoms with van der Waals surface area (Å²) in [5.41, 5.74) is 7.91. The number of nitrogens with zero attached hydrogens (tertiary/aromatic N) is 6. The zero-order valence-electron chi connectivity index (χ0n) is 20.0. The second kappa shape index (κ2) is 9.21. The number of hydrogen-bond donors (Lipinski definition) is 2. The van der Waals surface area contributed by atoms with Gasteiger partial charge < -0.3 is 9.72 Å². The lowest BCUT2D eigenvalue weighted by Gasteiger charge is -2.08. The molecule has 0 atom stereocenters. The molecule has 38 heavy (non-hydrogen) atoms. The number of aromatic amines is 2. The summed E-state index contributed by atoms with van der Waals surface area (Å²) in [5.74, 6) is 1.25. The van der Waals surface area contributed by atoms with E-state index < -0.39 is 0 Å². The van der Waals surface area contributed by atoms with Gasteiger partial charge in [-0.1, -0.05) is 36.4 Å². The summed E-state index contributed by atoms with van der Waals surface area (Å²) in [4.78, 5) is 26.3. The number of nitrogens with one attached hydrogen (secondary N) is 2. The van der Waals surface area contributed by atoms with Gasteiger partial charge >= 0.3 is 0 Å². The van der Waals surface area contributed by atoms with E-state index in [-0.39, 0.29) is 0 Å². The van der Waals surface area contributed by atoms with Gasteiger partial charge in [-0.25, -0.2) is 15.0 Å². The lowest BCUT2D eigenvalue weighted by Crippen LogP contribution is -1.96. The predicted octanol–water partition coefficient (Wildman–Crippen LogP) is 5.60. The molecule has 9 nitrogen and oxygen atoms in total. The number of H-pyrrole nitrogens is 2. The molecule has 0 fully saturated rings. The smallest absolute Gasteiger partial charge is 0.178 e. The minimum absolute atomic E-state index is 0.463. The summed E-state index contributed by atoms with van der Waals surface area (Å²) in [6, 6.07) is 23.6. The van der Waals surface area contributed by atoms with Gasteiger partial charge in [0.1, 0.15) is 17.9 Å². The maximum atomic E-state index is 5.97. The number of fused-ring (bicyclic) bond motifs is 2. The van der Waals surface area contributed by atoms with E-state index in [1.54, 1.807) is 24.8 Å². The zero-order valence-corrected chi connectivity index (χ0v) is 20.0. The molecule has 0 saturated carbocycles. The average molecular weight is 497 g/mol. The van der Waals surface area contributed by atoms with Crippen molar-refractivity contribution in [3.63, 3.8) is 0 Å². The van der Waals surface area contributed by atoms with Crippen molar-refractivity contribution in [1.82, 2.24) is 40.1 Å². The van der Waals surface area contributed by atoms with E-state index in [1.165, 1.54) is 0 Å². The van der Waals surface area contributed by atoms with E-state index in [4.69, 9.17) is 14.7 Å². The number of hydrogen-bond acceptors (Lipinski definition) is 7. The third-order valence-corrected chi connectivity index (χ3v) is 6.22. The van der Waals surface area contributed by atoms with Crippen LogP contribution in [-0.4, -0.2) is 40.1 Å². The van der Waals surface area contributed by atoms with E-state index in [0.29, 0.717) is 35.0 Å². The van der Waals surface area contributed by atoms with Crippen molar-refractivity contribution in [3.05, 3.63) is 103 Å². The summed E-state index contributed by atoms with van der Waals surface area (Å²) in [7, 11) is 0. The molecule has 7 rings (SSSR count). The highest BCUT2D eigenvalue weighted by Gasteiger charge is 2.17. The van der Waals surface area contributed by atoms with Gasteiger partial charge in [0.2, 0.25) is 0 Å². The van der Waals surface area contributed by atoms with E-state index in [2.05, 4.69) is 30.1 Å². The lowest BCUT2D eigenvalue weighted by atomic mass is 10.1. The Morgan fingerprint density at radius 3 is 2.61 bits per heavy atom. The van der Waals surface area contributed by atoms with Gasteiger partial charge in [0.15, 0.2) is 17.2 Å². The fraction of sp³-hybridized carbons (Fsp3) is 0.0345. The highest BCUT2D eigenvalue weighted by molar-refractivity contribution is 5.94. The SMILES string of the molecule is c1ccc(COc2cncc(-c3ccc4[nH]nc(-c5nc6nccc(-c7ccccn7)c6[nH]5)c4n3)c2)cc1. The Labute approximate surface area is 216 Å². The van der Waals surface area contributed by atoms with Crippen molar-refractivity contribution in [2.24, 2.45) is 0 Å². The van der Waals surface area contributed by atoms with E-state index >= 15 is 0 Å². The minimum atomic E-state index is 0.463. The van der Waals surface area contributed by atoms with Crippen LogP contribution in [0.5, 0.6) is 5.75 Å². The number of ether oxygens (including phenoxy) is 1. The summed E-state index contributed by atoms with van der Waals surface area (Å²) >= 11 is 0. The van der Waals surface area contributed by atoms with Gasteiger partial charge in [-0.15, -0.1) is 0 Å². The van der Waals surface area contributed by atoms with Crippen LogP contribution >= 0.6 is 0 Å². The summed E-state index contributed by atoms with van der Waals surface area (Å²) in [5, 5.41) is 7.57. The van der Waals surface area contributed by atoms with Crippen LogP contribution in [0.15, 0.2) is 97.6 Å². The van der Waals surface area contributed by atoms with Crippen molar-refractivity contribution in [2.75, 3.05) is 0 Å². The molecule has 0 aliphatic carbocycles. The number of benzene rings is 1. The van der Waals surface area contributed by atoms with E-state index in [0.717, 1.165) is 39.1 Å². The first-order valence-corrected chi connectivity index (χ1v) is 12.1. The largest absolute Gasteiger partial charge is 0.487 e. The van der Waals surface area contributed by atoms with Crippen LogP contribution in [0.25, 0.3) is 56.2 Å². The average Bonchev–Trinajstić information content (AvgIpc) is 3.61. The minimum Gasteiger partial charge on any atom is -0.487 e. The molecule has 1 aromatic carbocycles. The monoisotopic (exact) mass is 496 g/mol. The molecule has 0 bridgehead atoms. The second-order valence-electron chi connectivity index (χ2n) is 8.71. The molecule has 0 radical (unpaired) electrons. The molecule has 2 N–H and O–H groups in total. The Hall–Kier alpha value is -5.44. The fourth-order valence-electron chi connectivity index (χ4n) is 4.36. The highest BCUT2D eigenvalue weighted by atomic mass is 16.5. The van der Waals surface area contributed by atoms with Gasteiger partial charge in [-0.3, -0.25) is 15.1 Å². The molecule has 0 spiro atoms. The molecular formula is C29H20N8O. The molecule has 7 aromatic rings. The van der Waals surface area contributed by atoms with Crippen LogP contribution in [0.2, 0.25) is 0 Å². The van der Waals surface area contributed by atoms with Crippen LogP contribution < -0.4 is 4.74 Å². The van der Waals surface area contributed by atoms with Gasteiger partial charge in [0, 0.05) is 29.7 Å². The lowest BCUT2D eigenvalue weighted by molar-refractivity contribution is 0.305. The van der Waals surface area contributed by atoms with Gasteiger partial charge in [-0.2, -0.15) is 5.10 Å². The fourth-order valence-corrected chi connectivity index (χ4v) is 4.36. The molecule has 0 amide bonds. The molecule has 0 saturated heterocycles. The van der Waals surface area contributed by atoms with E-state index in [9.17, 15) is 0 Å². The first-order valence-electron chi connectivity index (χ1n) is 12.1. The van der Waals surface area contributed by atoms with Crippen LogP contribution in [-0.2, 0) is 6.61 Å². The van der Waals surface area contributed by atoms with Crippen molar-refractivity contribution >= 4 is 22.2 Å². The number of rotatable bonds is 6. The molecule has 9 heteroatoms. The normalized spacial score (nSPS) is 11.3. The number of imidazole rings is 1. The number of aromatic nitrogens is 8. The molecule has 6 heterocycles. The molecule has 0 aliphatic rings. The van der Waals surface area contributed by atoms with Crippen LogP contribution in [0.4, 0.5) is 0 Å². The first-order chi connectivity index (χ1) is 18.8. The van der Waals surface area contributed by atoms with Crippen molar-refractivity contribution < 1.29 is 4.74 Å². The van der Waals surface area contributed by atoms with Crippen molar-refractivity contribution in [3.8, 4) is 39.8 Å². The maximum Gasteiger partial charge on any atom is 0.178 e. The van der Waals surface area contributed by atoms with Crippen LogP contribution in [0.1, 0.15) is 5.56 Å². The quantitative estimate of drug-likeness (QED) is 0.308. The Morgan fingerprint density at radius 2 is 1.71 bits per heavy atom. The third-order valence-electron chi connectivity index (χ3n) is 6.22. The molecule has 0 unspecified atom stereocenters. The summed E-state index contributed by atoms with van der Waals surface area (Å²) in [6.07, 6.45) is 6.97. The first kappa shape index (κ1) is 21.8. The Balaban J connectivity index is 1.24.